The molecule has 0 radical (unpaired) electrons. The van der Waals surface area contributed by atoms with E-state index < -0.39 is 0 Å². The number of piperidine rings is 1. The van der Waals surface area contributed by atoms with Crippen LogP contribution in [0.4, 0.5) is 0 Å². The number of likely N-dealkylation sites (tertiary alicyclic amines) is 1. The van der Waals surface area contributed by atoms with Crippen molar-refractivity contribution in [2.45, 2.75) is 26.2 Å². The minimum atomic E-state index is 0.135. The van der Waals surface area contributed by atoms with E-state index >= 15 is 0 Å². The predicted octanol–water partition coefficient (Wildman–Crippen LogP) is 4.14. The van der Waals surface area contributed by atoms with Gasteiger partial charge in [0, 0.05) is 30.6 Å². The van der Waals surface area contributed by atoms with Crippen molar-refractivity contribution in [1.82, 2.24) is 15.0 Å². The van der Waals surface area contributed by atoms with Crippen molar-refractivity contribution in [3.8, 4) is 11.4 Å². The molecular formula is C22H23N3O2. The molecule has 1 aromatic heterocycles. The summed E-state index contributed by atoms with van der Waals surface area (Å²) in [6.45, 7) is 3.54. The first kappa shape index (κ1) is 17.5. The number of hydrogen-bond donors (Lipinski definition) is 0. The third-order valence-corrected chi connectivity index (χ3v) is 5.24. The summed E-state index contributed by atoms with van der Waals surface area (Å²) in [5.41, 5.74) is 2.80. The Morgan fingerprint density at radius 3 is 2.52 bits per heavy atom. The molecule has 3 aromatic rings. The number of hydrogen-bond acceptors (Lipinski definition) is 4. The van der Waals surface area contributed by atoms with E-state index in [0.29, 0.717) is 17.6 Å². The van der Waals surface area contributed by atoms with Crippen molar-refractivity contribution in [2.75, 3.05) is 13.1 Å². The molecule has 0 aliphatic carbocycles. The molecule has 1 aliphatic rings. The van der Waals surface area contributed by atoms with Crippen LogP contribution in [0, 0.1) is 12.8 Å². The molecule has 1 saturated heterocycles. The van der Waals surface area contributed by atoms with Crippen LogP contribution < -0.4 is 0 Å². The second-order valence-electron chi connectivity index (χ2n) is 7.13. The molecule has 1 fully saturated rings. The number of aromatic nitrogens is 2. The Balaban J connectivity index is 1.34. The van der Waals surface area contributed by atoms with Crippen molar-refractivity contribution >= 4 is 5.91 Å². The molecule has 0 unspecified atom stereocenters. The summed E-state index contributed by atoms with van der Waals surface area (Å²) in [6, 6.07) is 17.6. The summed E-state index contributed by atoms with van der Waals surface area (Å²) in [7, 11) is 0. The predicted molar refractivity (Wildman–Crippen MR) is 103 cm³/mol. The first-order valence-electron chi connectivity index (χ1n) is 9.43. The second kappa shape index (κ2) is 7.74. The molecule has 2 heterocycles. The molecule has 27 heavy (non-hydrogen) atoms. The van der Waals surface area contributed by atoms with Gasteiger partial charge >= 0.3 is 0 Å². The number of carbonyl (C=O) groups excluding carboxylic acids is 1. The fourth-order valence-electron chi connectivity index (χ4n) is 3.61. The minimum absolute atomic E-state index is 0.135. The normalized spacial score (nSPS) is 15.1. The zero-order chi connectivity index (χ0) is 18.6. The number of rotatable bonds is 4. The van der Waals surface area contributed by atoms with E-state index in [4.69, 9.17) is 4.52 Å². The molecule has 5 nitrogen and oxygen atoms in total. The van der Waals surface area contributed by atoms with Crippen LogP contribution in [0.25, 0.3) is 11.4 Å². The van der Waals surface area contributed by atoms with Crippen LogP contribution in [0.1, 0.15) is 34.7 Å². The highest BCUT2D eigenvalue weighted by molar-refractivity contribution is 5.95. The Labute approximate surface area is 159 Å². The third-order valence-electron chi connectivity index (χ3n) is 5.24. The number of benzene rings is 2. The van der Waals surface area contributed by atoms with Gasteiger partial charge in [-0.05, 0) is 37.3 Å². The van der Waals surface area contributed by atoms with Gasteiger partial charge in [-0.1, -0.05) is 53.7 Å². The van der Waals surface area contributed by atoms with Crippen LogP contribution in [0.2, 0.25) is 0 Å². The molecule has 138 valence electrons. The minimum Gasteiger partial charge on any atom is -0.339 e. The van der Waals surface area contributed by atoms with E-state index in [1.165, 1.54) is 0 Å². The average Bonchev–Trinajstić information content (AvgIpc) is 3.18. The van der Waals surface area contributed by atoms with Crippen molar-refractivity contribution in [1.29, 1.82) is 0 Å². The molecule has 0 spiro atoms. The van der Waals surface area contributed by atoms with E-state index in [1.807, 2.05) is 66.4 Å². The largest absolute Gasteiger partial charge is 0.339 e. The molecule has 2 aromatic carbocycles. The van der Waals surface area contributed by atoms with Gasteiger partial charge in [0.25, 0.3) is 5.91 Å². The van der Waals surface area contributed by atoms with E-state index in [1.54, 1.807) is 0 Å². The molecule has 0 bridgehead atoms. The molecule has 4 rings (SSSR count). The summed E-state index contributed by atoms with van der Waals surface area (Å²) in [5.74, 6) is 1.92. The lowest BCUT2D eigenvalue weighted by Gasteiger charge is -2.31. The molecule has 5 heteroatoms. The topological polar surface area (TPSA) is 59.2 Å². The Kier molecular flexibility index (Phi) is 5.01. The quantitative estimate of drug-likeness (QED) is 0.701. The summed E-state index contributed by atoms with van der Waals surface area (Å²) in [6.07, 6.45) is 2.69. The van der Waals surface area contributed by atoms with Crippen LogP contribution in [-0.4, -0.2) is 34.0 Å². The van der Waals surface area contributed by atoms with Crippen molar-refractivity contribution in [3.63, 3.8) is 0 Å². The van der Waals surface area contributed by atoms with Gasteiger partial charge in [0.1, 0.15) is 0 Å². The van der Waals surface area contributed by atoms with Gasteiger partial charge in [0.05, 0.1) is 0 Å². The maximum atomic E-state index is 12.7. The molecule has 1 aliphatic heterocycles. The molecule has 0 N–H and O–H groups in total. The van der Waals surface area contributed by atoms with Gasteiger partial charge in [-0.2, -0.15) is 4.98 Å². The lowest BCUT2D eigenvalue weighted by molar-refractivity contribution is 0.0686. The monoisotopic (exact) mass is 361 g/mol. The highest BCUT2D eigenvalue weighted by Crippen LogP contribution is 2.24. The maximum Gasteiger partial charge on any atom is 0.254 e. The fraction of sp³-hybridized carbons (Fsp3) is 0.318. The Bertz CT molecular complexity index is 912. The van der Waals surface area contributed by atoms with E-state index in [0.717, 1.165) is 49.0 Å². The van der Waals surface area contributed by atoms with Gasteiger partial charge < -0.3 is 9.42 Å². The molecular weight excluding hydrogens is 338 g/mol. The van der Waals surface area contributed by atoms with E-state index in [-0.39, 0.29) is 5.91 Å². The fourth-order valence-corrected chi connectivity index (χ4v) is 3.61. The van der Waals surface area contributed by atoms with E-state index in [2.05, 4.69) is 10.1 Å². The van der Waals surface area contributed by atoms with Gasteiger partial charge in [0.2, 0.25) is 11.7 Å². The summed E-state index contributed by atoms with van der Waals surface area (Å²) >= 11 is 0. The highest BCUT2D eigenvalue weighted by atomic mass is 16.5. The van der Waals surface area contributed by atoms with Crippen molar-refractivity contribution in [2.24, 2.45) is 5.92 Å². The van der Waals surface area contributed by atoms with Crippen LogP contribution in [0.5, 0.6) is 0 Å². The first-order chi connectivity index (χ1) is 13.2. The van der Waals surface area contributed by atoms with Gasteiger partial charge in [0.15, 0.2) is 0 Å². The Morgan fingerprint density at radius 1 is 1.07 bits per heavy atom. The zero-order valence-corrected chi connectivity index (χ0v) is 15.5. The maximum absolute atomic E-state index is 12.7. The lowest BCUT2D eigenvalue weighted by Crippen LogP contribution is -2.39. The summed E-state index contributed by atoms with van der Waals surface area (Å²) < 4.78 is 5.44. The Morgan fingerprint density at radius 2 is 1.78 bits per heavy atom. The van der Waals surface area contributed by atoms with Crippen molar-refractivity contribution < 1.29 is 9.32 Å². The smallest absolute Gasteiger partial charge is 0.254 e. The summed E-state index contributed by atoms with van der Waals surface area (Å²) in [4.78, 5) is 19.2. The number of amides is 1. The van der Waals surface area contributed by atoms with Crippen LogP contribution in [-0.2, 0) is 6.42 Å². The van der Waals surface area contributed by atoms with E-state index in [9.17, 15) is 4.79 Å². The average molecular weight is 361 g/mol. The van der Waals surface area contributed by atoms with Crippen LogP contribution in [0.15, 0.2) is 59.1 Å². The zero-order valence-electron chi connectivity index (χ0n) is 15.5. The number of nitrogens with zero attached hydrogens (tertiary/aromatic N) is 3. The van der Waals surface area contributed by atoms with Gasteiger partial charge in [-0.15, -0.1) is 0 Å². The standard InChI is InChI=1S/C22H23N3O2/c1-16-7-5-6-10-19(16)22(26)25-13-11-17(12-14-25)15-20-23-21(24-27-20)18-8-3-2-4-9-18/h2-10,17H,11-15H2,1H3. The molecule has 0 saturated carbocycles. The van der Waals surface area contributed by atoms with Crippen molar-refractivity contribution in [3.05, 3.63) is 71.6 Å². The lowest BCUT2D eigenvalue weighted by atomic mass is 9.93. The van der Waals surface area contributed by atoms with Crippen LogP contribution >= 0.6 is 0 Å². The van der Waals surface area contributed by atoms with Gasteiger partial charge in [-0.3, -0.25) is 4.79 Å². The highest BCUT2D eigenvalue weighted by Gasteiger charge is 2.25. The summed E-state index contributed by atoms with van der Waals surface area (Å²) in [5, 5.41) is 4.09. The third kappa shape index (κ3) is 3.92. The Hall–Kier alpha value is -2.95. The number of carbonyl (C=O) groups is 1. The SMILES string of the molecule is Cc1ccccc1C(=O)N1CCC(Cc2nc(-c3ccccc3)no2)CC1. The molecule has 0 atom stereocenters. The second-order valence-corrected chi connectivity index (χ2v) is 7.13. The van der Waals surface area contributed by atoms with Crippen LogP contribution in [0.3, 0.4) is 0 Å². The number of aryl methyl sites for hydroxylation is 1. The first-order valence-corrected chi connectivity index (χ1v) is 9.43. The van der Waals surface area contributed by atoms with Gasteiger partial charge in [-0.25, -0.2) is 0 Å². The molecule has 1 amide bonds.